The predicted molar refractivity (Wildman–Crippen MR) is 59.7 cm³/mol. The smallest absolute Gasteiger partial charge is 0.242 e. The molecule has 4 heteroatoms. The van der Waals surface area contributed by atoms with Crippen LogP contribution in [0.2, 0.25) is 0 Å². The lowest BCUT2D eigenvalue weighted by Crippen LogP contribution is -2.27. The Balaban J connectivity index is 2.50. The van der Waals surface area contributed by atoms with Gasteiger partial charge in [0, 0.05) is 12.3 Å². The van der Waals surface area contributed by atoms with Crippen molar-refractivity contribution in [2.75, 3.05) is 6.61 Å². The Morgan fingerprint density at radius 2 is 2.40 bits per heavy atom. The van der Waals surface area contributed by atoms with Gasteiger partial charge < -0.3 is 10.5 Å². The number of aliphatic imine (C=N–C) groups is 1. The maximum absolute atomic E-state index is 11.0. The van der Waals surface area contributed by atoms with E-state index in [4.69, 9.17) is 10.5 Å². The van der Waals surface area contributed by atoms with Gasteiger partial charge in [0.15, 0.2) is 5.90 Å². The molecule has 0 aromatic rings. The van der Waals surface area contributed by atoms with Crippen molar-refractivity contribution >= 4 is 11.8 Å². The van der Waals surface area contributed by atoms with E-state index < -0.39 is 6.04 Å². The lowest BCUT2D eigenvalue weighted by Gasteiger charge is -2.05. The van der Waals surface area contributed by atoms with Gasteiger partial charge in [-0.3, -0.25) is 4.79 Å². The van der Waals surface area contributed by atoms with Crippen LogP contribution in [0.3, 0.4) is 0 Å². The summed E-state index contributed by atoms with van der Waals surface area (Å²) in [4.78, 5) is 15.2. The topological polar surface area (TPSA) is 64.7 Å². The SMILES string of the molecule is CCCC1COC(=NC(CC)C(N)=O)C1. The molecule has 2 atom stereocenters. The van der Waals surface area contributed by atoms with Gasteiger partial charge in [0.05, 0.1) is 6.61 Å². The van der Waals surface area contributed by atoms with E-state index in [0.717, 1.165) is 25.9 Å². The van der Waals surface area contributed by atoms with E-state index in [2.05, 4.69) is 11.9 Å². The van der Waals surface area contributed by atoms with Gasteiger partial charge in [-0.15, -0.1) is 0 Å². The van der Waals surface area contributed by atoms with Gasteiger partial charge >= 0.3 is 0 Å². The molecule has 2 N–H and O–H groups in total. The van der Waals surface area contributed by atoms with E-state index in [1.807, 2.05) is 6.92 Å². The second kappa shape index (κ2) is 5.73. The summed E-state index contributed by atoms with van der Waals surface area (Å²) in [5.41, 5.74) is 5.22. The monoisotopic (exact) mass is 212 g/mol. The average molecular weight is 212 g/mol. The number of nitrogens with two attached hydrogens (primary N) is 1. The van der Waals surface area contributed by atoms with E-state index in [-0.39, 0.29) is 5.91 Å². The zero-order valence-corrected chi connectivity index (χ0v) is 9.53. The van der Waals surface area contributed by atoms with Gasteiger partial charge in [0.2, 0.25) is 5.91 Å². The molecule has 4 nitrogen and oxygen atoms in total. The number of primary amides is 1. The highest BCUT2D eigenvalue weighted by Gasteiger charge is 2.23. The Bertz CT molecular complexity index is 251. The second-order valence-electron chi connectivity index (χ2n) is 4.02. The normalized spacial score (nSPS) is 25.2. The van der Waals surface area contributed by atoms with Crippen molar-refractivity contribution in [3.63, 3.8) is 0 Å². The third-order valence-electron chi connectivity index (χ3n) is 2.66. The number of carbonyl (C=O) groups excluding carboxylic acids is 1. The van der Waals surface area contributed by atoms with Gasteiger partial charge in [-0.25, -0.2) is 4.99 Å². The Labute approximate surface area is 90.9 Å². The minimum Gasteiger partial charge on any atom is -0.481 e. The number of nitrogens with zero attached hydrogens (tertiary/aromatic N) is 1. The summed E-state index contributed by atoms with van der Waals surface area (Å²) in [5, 5.41) is 0. The zero-order valence-electron chi connectivity index (χ0n) is 9.53. The molecule has 0 aromatic carbocycles. The maximum Gasteiger partial charge on any atom is 0.242 e. The molecule has 2 unspecified atom stereocenters. The first-order chi connectivity index (χ1) is 7.17. The van der Waals surface area contributed by atoms with Crippen LogP contribution in [0.4, 0.5) is 0 Å². The predicted octanol–water partition coefficient (Wildman–Crippen LogP) is 1.49. The quantitative estimate of drug-likeness (QED) is 0.750. The summed E-state index contributed by atoms with van der Waals surface area (Å²) >= 11 is 0. The van der Waals surface area contributed by atoms with E-state index in [1.54, 1.807) is 0 Å². The van der Waals surface area contributed by atoms with Crippen molar-refractivity contribution in [1.29, 1.82) is 0 Å². The molecule has 1 aliphatic heterocycles. The molecule has 0 spiro atoms. The first-order valence-electron chi connectivity index (χ1n) is 5.66. The molecular formula is C11H20N2O2. The van der Waals surface area contributed by atoms with Crippen molar-refractivity contribution in [3.05, 3.63) is 0 Å². The summed E-state index contributed by atoms with van der Waals surface area (Å²) in [6.45, 7) is 4.80. The maximum atomic E-state index is 11.0. The van der Waals surface area contributed by atoms with Crippen molar-refractivity contribution in [3.8, 4) is 0 Å². The molecule has 0 radical (unpaired) electrons. The average Bonchev–Trinajstić information content (AvgIpc) is 2.62. The molecule has 1 saturated heterocycles. The minimum absolute atomic E-state index is 0.368. The molecule has 1 fully saturated rings. The largest absolute Gasteiger partial charge is 0.481 e. The van der Waals surface area contributed by atoms with Gasteiger partial charge in [-0.1, -0.05) is 20.3 Å². The Hall–Kier alpha value is -1.06. The molecule has 0 saturated carbocycles. The van der Waals surface area contributed by atoms with Gasteiger partial charge in [0.25, 0.3) is 0 Å². The van der Waals surface area contributed by atoms with Crippen LogP contribution in [0.5, 0.6) is 0 Å². The highest BCUT2D eigenvalue weighted by molar-refractivity contribution is 5.85. The summed E-state index contributed by atoms with van der Waals surface area (Å²) in [6.07, 6.45) is 3.82. The summed E-state index contributed by atoms with van der Waals surface area (Å²) in [7, 11) is 0. The molecule has 0 aromatic heterocycles. The number of rotatable bonds is 5. The molecule has 1 aliphatic rings. The summed E-state index contributed by atoms with van der Waals surface area (Å²) in [6, 6.07) is -0.416. The summed E-state index contributed by atoms with van der Waals surface area (Å²) in [5.74, 6) is 0.908. The fourth-order valence-electron chi connectivity index (χ4n) is 1.79. The highest BCUT2D eigenvalue weighted by atomic mass is 16.5. The second-order valence-corrected chi connectivity index (χ2v) is 4.02. The van der Waals surface area contributed by atoms with Crippen LogP contribution in [-0.2, 0) is 9.53 Å². The van der Waals surface area contributed by atoms with E-state index >= 15 is 0 Å². The lowest BCUT2D eigenvalue weighted by atomic mass is 10.0. The molecule has 1 amide bonds. The third-order valence-corrected chi connectivity index (χ3v) is 2.66. The minimum atomic E-state index is -0.416. The number of hydrogen-bond donors (Lipinski definition) is 1. The molecule has 1 heterocycles. The molecule has 15 heavy (non-hydrogen) atoms. The molecule has 86 valence electrons. The van der Waals surface area contributed by atoms with Gasteiger partial charge in [-0.2, -0.15) is 0 Å². The van der Waals surface area contributed by atoms with Crippen molar-refractivity contribution in [1.82, 2.24) is 0 Å². The standard InChI is InChI=1S/C11H20N2O2/c1-3-5-8-6-10(15-7-8)13-9(4-2)11(12)14/h8-9H,3-7H2,1-2H3,(H2,12,14). The Morgan fingerprint density at radius 3 is 2.93 bits per heavy atom. The van der Waals surface area contributed by atoms with Gasteiger partial charge in [-0.05, 0) is 12.8 Å². The zero-order chi connectivity index (χ0) is 11.3. The number of hydrogen-bond acceptors (Lipinski definition) is 3. The van der Waals surface area contributed by atoms with Crippen LogP contribution in [0, 0.1) is 5.92 Å². The van der Waals surface area contributed by atoms with Crippen LogP contribution in [0.25, 0.3) is 0 Å². The van der Waals surface area contributed by atoms with Gasteiger partial charge in [0.1, 0.15) is 6.04 Å². The third kappa shape index (κ3) is 3.53. The van der Waals surface area contributed by atoms with E-state index in [9.17, 15) is 4.79 Å². The van der Waals surface area contributed by atoms with Crippen molar-refractivity contribution < 1.29 is 9.53 Å². The van der Waals surface area contributed by atoms with Crippen LogP contribution in [-0.4, -0.2) is 24.5 Å². The van der Waals surface area contributed by atoms with Crippen LogP contribution in [0.1, 0.15) is 39.5 Å². The first kappa shape index (κ1) is 12.0. The Kier molecular flexibility index (Phi) is 4.59. The Morgan fingerprint density at radius 1 is 1.67 bits per heavy atom. The number of amides is 1. The highest BCUT2D eigenvalue weighted by Crippen LogP contribution is 2.20. The molecule has 0 aliphatic carbocycles. The van der Waals surface area contributed by atoms with Crippen LogP contribution < -0.4 is 5.73 Å². The lowest BCUT2D eigenvalue weighted by molar-refractivity contribution is -0.119. The van der Waals surface area contributed by atoms with Crippen molar-refractivity contribution in [2.24, 2.45) is 16.6 Å². The van der Waals surface area contributed by atoms with E-state index in [0.29, 0.717) is 18.2 Å². The number of ether oxygens (including phenoxy) is 1. The molecular weight excluding hydrogens is 192 g/mol. The number of carbonyl (C=O) groups is 1. The summed E-state index contributed by atoms with van der Waals surface area (Å²) < 4.78 is 5.44. The van der Waals surface area contributed by atoms with E-state index in [1.165, 1.54) is 0 Å². The fraction of sp³-hybridized carbons (Fsp3) is 0.818. The first-order valence-corrected chi connectivity index (χ1v) is 5.66. The van der Waals surface area contributed by atoms with Crippen molar-refractivity contribution in [2.45, 2.75) is 45.6 Å². The van der Waals surface area contributed by atoms with Crippen LogP contribution in [0.15, 0.2) is 4.99 Å². The van der Waals surface area contributed by atoms with Crippen LogP contribution >= 0.6 is 0 Å². The fourth-order valence-corrected chi connectivity index (χ4v) is 1.79. The molecule has 1 rings (SSSR count). The molecule has 0 bridgehead atoms.